The molecule has 0 aliphatic rings. The van der Waals surface area contributed by atoms with Gasteiger partial charge in [0.2, 0.25) is 5.88 Å². The van der Waals surface area contributed by atoms with Crippen LogP contribution in [0.25, 0.3) is 11.3 Å². The van der Waals surface area contributed by atoms with Crippen LogP contribution < -0.4 is 20.3 Å². The zero-order valence-corrected chi connectivity index (χ0v) is 16.3. The van der Waals surface area contributed by atoms with E-state index in [-0.39, 0.29) is 23.9 Å². The maximum Gasteiger partial charge on any atom is 0.256 e. The summed E-state index contributed by atoms with van der Waals surface area (Å²) in [6.07, 6.45) is 3.04. The maximum absolute atomic E-state index is 12.4. The lowest BCUT2D eigenvalue weighted by molar-refractivity contribution is 0.0947. The lowest BCUT2D eigenvalue weighted by Crippen LogP contribution is -2.31. The van der Waals surface area contributed by atoms with Gasteiger partial charge in [0.05, 0.1) is 25.7 Å². The van der Waals surface area contributed by atoms with Gasteiger partial charge in [-0.2, -0.15) is 0 Å². The Labute approximate surface area is 168 Å². The van der Waals surface area contributed by atoms with Crippen LogP contribution in [0.3, 0.4) is 0 Å². The molecule has 0 atom stereocenters. The fourth-order valence-electron chi connectivity index (χ4n) is 2.71. The molecule has 150 valence electrons. The number of nitrogens with zero attached hydrogens (tertiary/aromatic N) is 3. The molecule has 0 bridgehead atoms. The van der Waals surface area contributed by atoms with Gasteiger partial charge >= 0.3 is 0 Å². The van der Waals surface area contributed by atoms with Crippen molar-refractivity contribution >= 4 is 5.91 Å². The number of carbonyl (C=O) groups excluding carboxylic acids is 1. The Morgan fingerprint density at radius 2 is 1.97 bits per heavy atom. The highest BCUT2D eigenvalue weighted by Gasteiger charge is 2.13. The SMILES string of the molecule is CCOc1ncccc1C(=O)NCCn1cnc(-c2ccc(OC)cc2)cc1=O. The van der Waals surface area contributed by atoms with Crippen molar-refractivity contribution in [1.29, 1.82) is 0 Å². The number of hydrogen-bond acceptors (Lipinski definition) is 6. The number of methoxy groups -OCH3 is 1. The summed E-state index contributed by atoms with van der Waals surface area (Å²) in [4.78, 5) is 33.1. The smallest absolute Gasteiger partial charge is 0.256 e. The molecular formula is C21H22N4O4. The highest BCUT2D eigenvalue weighted by atomic mass is 16.5. The third-order valence-corrected chi connectivity index (χ3v) is 4.20. The minimum Gasteiger partial charge on any atom is -0.497 e. The molecule has 0 aliphatic heterocycles. The average Bonchev–Trinajstić information content (AvgIpc) is 2.75. The summed E-state index contributed by atoms with van der Waals surface area (Å²) >= 11 is 0. The number of hydrogen-bond donors (Lipinski definition) is 1. The van der Waals surface area contributed by atoms with E-state index in [9.17, 15) is 9.59 Å². The topological polar surface area (TPSA) is 95.3 Å². The van der Waals surface area contributed by atoms with E-state index in [1.165, 1.54) is 17.0 Å². The van der Waals surface area contributed by atoms with Gasteiger partial charge in [-0.3, -0.25) is 14.2 Å². The van der Waals surface area contributed by atoms with Crippen molar-refractivity contribution in [1.82, 2.24) is 19.9 Å². The average molecular weight is 394 g/mol. The molecule has 0 saturated heterocycles. The van der Waals surface area contributed by atoms with Gasteiger partial charge in [0.25, 0.3) is 11.5 Å². The van der Waals surface area contributed by atoms with Crippen LogP contribution in [0, 0.1) is 0 Å². The number of nitrogens with one attached hydrogen (secondary N) is 1. The van der Waals surface area contributed by atoms with E-state index in [2.05, 4.69) is 15.3 Å². The number of rotatable bonds is 8. The van der Waals surface area contributed by atoms with Gasteiger partial charge in [0, 0.05) is 30.9 Å². The Kier molecular flexibility index (Phi) is 6.57. The predicted molar refractivity (Wildman–Crippen MR) is 108 cm³/mol. The van der Waals surface area contributed by atoms with E-state index < -0.39 is 0 Å². The van der Waals surface area contributed by atoms with Crippen molar-refractivity contribution in [2.75, 3.05) is 20.3 Å². The van der Waals surface area contributed by atoms with Gasteiger partial charge in [-0.05, 0) is 43.3 Å². The second-order valence-electron chi connectivity index (χ2n) is 6.08. The second-order valence-corrected chi connectivity index (χ2v) is 6.08. The third kappa shape index (κ3) is 4.98. The lowest BCUT2D eigenvalue weighted by atomic mass is 10.1. The van der Waals surface area contributed by atoms with Gasteiger partial charge in [-0.1, -0.05) is 0 Å². The third-order valence-electron chi connectivity index (χ3n) is 4.20. The van der Waals surface area contributed by atoms with Crippen molar-refractivity contribution in [2.24, 2.45) is 0 Å². The zero-order valence-electron chi connectivity index (χ0n) is 16.3. The molecule has 0 spiro atoms. The molecule has 1 aromatic carbocycles. The molecule has 0 aliphatic carbocycles. The first-order valence-electron chi connectivity index (χ1n) is 9.19. The molecule has 1 amide bonds. The molecule has 29 heavy (non-hydrogen) atoms. The number of carbonyl (C=O) groups is 1. The van der Waals surface area contributed by atoms with E-state index in [1.54, 1.807) is 25.4 Å². The number of ether oxygens (including phenoxy) is 2. The summed E-state index contributed by atoms with van der Waals surface area (Å²) in [6, 6.07) is 12.1. The first-order chi connectivity index (χ1) is 14.1. The quantitative estimate of drug-likeness (QED) is 0.629. The van der Waals surface area contributed by atoms with Crippen LogP contribution in [0.15, 0.2) is 59.8 Å². The molecule has 0 unspecified atom stereocenters. The molecule has 0 saturated carbocycles. The second kappa shape index (κ2) is 9.50. The van der Waals surface area contributed by atoms with E-state index in [0.29, 0.717) is 24.4 Å². The first kappa shape index (κ1) is 20.1. The van der Waals surface area contributed by atoms with Crippen molar-refractivity contribution in [3.8, 4) is 22.9 Å². The molecule has 0 radical (unpaired) electrons. The first-order valence-corrected chi connectivity index (χ1v) is 9.19. The minimum absolute atomic E-state index is 0.198. The van der Waals surface area contributed by atoms with Crippen molar-refractivity contribution in [2.45, 2.75) is 13.5 Å². The van der Waals surface area contributed by atoms with Crippen LogP contribution in [0.2, 0.25) is 0 Å². The monoisotopic (exact) mass is 394 g/mol. The van der Waals surface area contributed by atoms with E-state index in [4.69, 9.17) is 9.47 Å². The Morgan fingerprint density at radius 1 is 1.17 bits per heavy atom. The van der Waals surface area contributed by atoms with Gasteiger partial charge < -0.3 is 14.8 Å². The molecule has 0 fully saturated rings. The molecule has 1 N–H and O–H groups in total. The zero-order chi connectivity index (χ0) is 20.6. The van der Waals surface area contributed by atoms with Crippen LogP contribution in [-0.4, -0.2) is 40.7 Å². The molecule has 3 rings (SSSR count). The normalized spacial score (nSPS) is 10.4. The Hall–Kier alpha value is -3.68. The van der Waals surface area contributed by atoms with Crippen molar-refractivity contribution < 1.29 is 14.3 Å². The molecule has 2 aromatic heterocycles. The minimum atomic E-state index is -0.308. The number of aromatic nitrogens is 3. The number of pyridine rings is 1. The molecule has 8 nitrogen and oxygen atoms in total. The van der Waals surface area contributed by atoms with Gasteiger partial charge in [-0.25, -0.2) is 9.97 Å². The van der Waals surface area contributed by atoms with Crippen molar-refractivity contribution in [3.05, 3.63) is 70.9 Å². The Balaban J connectivity index is 1.62. The molecule has 3 aromatic rings. The summed E-state index contributed by atoms with van der Waals surface area (Å²) in [5.74, 6) is 0.714. The van der Waals surface area contributed by atoms with Crippen LogP contribution in [-0.2, 0) is 6.54 Å². The fraction of sp³-hybridized carbons (Fsp3) is 0.238. The number of benzene rings is 1. The van der Waals surface area contributed by atoms with Crippen LogP contribution >= 0.6 is 0 Å². The lowest BCUT2D eigenvalue weighted by Gasteiger charge is -2.10. The summed E-state index contributed by atoms with van der Waals surface area (Å²) in [5.41, 5.74) is 1.56. The Morgan fingerprint density at radius 3 is 2.66 bits per heavy atom. The predicted octanol–water partition coefficient (Wildman–Crippen LogP) is 2.14. The molecule has 8 heteroatoms. The summed E-state index contributed by atoms with van der Waals surface area (Å²) in [7, 11) is 1.60. The van der Waals surface area contributed by atoms with Crippen LogP contribution in [0.1, 0.15) is 17.3 Å². The van der Waals surface area contributed by atoms with E-state index in [0.717, 1.165) is 11.3 Å². The van der Waals surface area contributed by atoms with Gasteiger partial charge in [-0.15, -0.1) is 0 Å². The standard InChI is InChI=1S/C21H22N4O4/c1-3-29-21-17(5-4-10-23-21)20(27)22-11-12-25-14-24-18(13-19(25)26)15-6-8-16(28-2)9-7-15/h4-10,13-14H,3,11-12H2,1-2H3,(H,22,27). The van der Waals surface area contributed by atoms with Crippen LogP contribution in [0.4, 0.5) is 0 Å². The highest BCUT2D eigenvalue weighted by molar-refractivity contribution is 5.96. The molecule has 2 heterocycles. The number of amides is 1. The van der Waals surface area contributed by atoms with Crippen LogP contribution in [0.5, 0.6) is 11.6 Å². The fourth-order valence-corrected chi connectivity index (χ4v) is 2.71. The van der Waals surface area contributed by atoms with Gasteiger partial charge in [0.15, 0.2) is 0 Å². The molecular weight excluding hydrogens is 372 g/mol. The summed E-state index contributed by atoms with van der Waals surface area (Å²) in [6.45, 7) is 2.80. The van der Waals surface area contributed by atoms with Gasteiger partial charge in [0.1, 0.15) is 11.3 Å². The van der Waals surface area contributed by atoms with Crippen molar-refractivity contribution in [3.63, 3.8) is 0 Å². The maximum atomic E-state index is 12.4. The summed E-state index contributed by atoms with van der Waals surface area (Å²) < 4.78 is 11.9. The van der Waals surface area contributed by atoms with E-state index >= 15 is 0 Å². The van der Waals surface area contributed by atoms with E-state index in [1.807, 2.05) is 31.2 Å². The largest absolute Gasteiger partial charge is 0.497 e. The highest BCUT2D eigenvalue weighted by Crippen LogP contribution is 2.19. The summed E-state index contributed by atoms with van der Waals surface area (Å²) in [5, 5.41) is 2.77. The Bertz CT molecular complexity index is 1030.